The molecule has 0 aromatic heterocycles. The zero-order valence-corrected chi connectivity index (χ0v) is 16.8. The lowest BCUT2D eigenvalue weighted by atomic mass is 9.68. The molecule has 2 aromatic rings. The molecule has 4 rings (SSSR count). The van der Waals surface area contributed by atoms with Crippen molar-refractivity contribution in [2.45, 2.75) is 37.3 Å². The third kappa shape index (κ3) is 3.65. The molecule has 0 saturated heterocycles. The van der Waals surface area contributed by atoms with Gasteiger partial charge in [0.25, 0.3) is 0 Å². The van der Waals surface area contributed by atoms with Crippen molar-refractivity contribution in [1.82, 2.24) is 0 Å². The van der Waals surface area contributed by atoms with Crippen molar-refractivity contribution in [1.29, 1.82) is 0 Å². The number of aliphatic imine (C=N–C) groups is 1. The quantitative estimate of drug-likeness (QED) is 0.647. The first-order valence-electron chi connectivity index (χ1n) is 9.70. The van der Waals surface area contributed by atoms with Crippen LogP contribution in [0.2, 0.25) is 0 Å². The van der Waals surface area contributed by atoms with Crippen LogP contribution in [0.1, 0.15) is 41.6 Å². The van der Waals surface area contributed by atoms with Crippen LogP contribution in [-0.4, -0.2) is 29.8 Å². The Hall–Kier alpha value is -1.98. The average molecular weight is 398 g/mol. The van der Waals surface area contributed by atoms with Gasteiger partial charge in [0.05, 0.1) is 23.1 Å². The Bertz CT molecular complexity index is 885. The molecule has 1 heterocycles. The number of carbonyl (C=O) groups excluding carboxylic acids is 1. The fourth-order valence-electron chi connectivity index (χ4n) is 4.42. The van der Waals surface area contributed by atoms with E-state index in [4.69, 9.17) is 9.73 Å². The Labute approximate surface area is 169 Å². The molecule has 146 valence electrons. The molecule has 0 spiro atoms. The molecule has 28 heavy (non-hydrogen) atoms. The van der Waals surface area contributed by atoms with Gasteiger partial charge in [-0.25, -0.2) is 4.39 Å². The van der Waals surface area contributed by atoms with E-state index in [0.717, 1.165) is 30.1 Å². The molecule has 1 saturated carbocycles. The summed E-state index contributed by atoms with van der Waals surface area (Å²) in [6.45, 7) is 0. The Balaban J connectivity index is 1.68. The molecule has 3 atom stereocenters. The van der Waals surface area contributed by atoms with Crippen LogP contribution in [0.4, 0.5) is 4.39 Å². The normalized spacial score (nSPS) is 27.0. The van der Waals surface area contributed by atoms with E-state index in [1.54, 1.807) is 24.9 Å². The molecule has 1 aliphatic carbocycles. The number of ether oxygens (including phenoxy) is 1. The molecule has 5 heteroatoms. The molecule has 0 unspecified atom stereocenters. The number of Topliss-reactive ketones (excluding diaryl/α,β-unsaturated/α-hetero) is 1. The molecule has 3 nitrogen and oxygen atoms in total. The second-order valence-electron chi connectivity index (χ2n) is 7.52. The van der Waals surface area contributed by atoms with E-state index < -0.39 is 5.54 Å². The van der Waals surface area contributed by atoms with Crippen molar-refractivity contribution < 1.29 is 13.9 Å². The standard InChI is InChI=1S/C23H24FNO2S/c1-27-18-11-12-23(19-9-5-6-10-20(19)24)17(13-18)15-28-22(25-23)14-21(26)16-7-3-2-4-8-16/h2-10,17-18H,11-15H2,1H3/t17-,18+,23-/m0/s1. The molecule has 0 radical (unpaired) electrons. The number of fused-ring (bicyclic) bond motifs is 1. The number of ketones is 1. The van der Waals surface area contributed by atoms with Gasteiger partial charge in [-0.05, 0) is 25.3 Å². The number of rotatable bonds is 5. The van der Waals surface area contributed by atoms with Gasteiger partial charge < -0.3 is 4.74 Å². The van der Waals surface area contributed by atoms with Crippen LogP contribution in [0, 0.1) is 11.7 Å². The zero-order valence-electron chi connectivity index (χ0n) is 15.9. The van der Waals surface area contributed by atoms with Gasteiger partial charge >= 0.3 is 0 Å². The van der Waals surface area contributed by atoms with Gasteiger partial charge in [-0.2, -0.15) is 0 Å². The van der Waals surface area contributed by atoms with Crippen molar-refractivity contribution in [3.8, 4) is 0 Å². The lowest BCUT2D eigenvalue weighted by Gasteiger charge is -2.46. The second kappa shape index (κ2) is 8.18. The maximum absolute atomic E-state index is 14.8. The lowest BCUT2D eigenvalue weighted by molar-refractivity contribution is 0.0229. The number of hydrogen-bond donors (Lipinski definition) is 0. The molecule has 2 aromatic carbocycles. The fourth-order valence-corrected chi connectivity index (χ4v) is 5.68. The third-order valence-electron chi connectivity index (χ3n) is 5.93. The van der Waals surface area contributed by atoms with Crippen molar-refractivity contribution in [2.24, 2.45) is 10.9 Å². The number of hydrogen-bond acceptors (Lipinski definition) is 4. The predicted molar refractivity (Wildman–Crippen MR) is 111 cm³/mol. The molecule has 1 fully saturated rings. The van der Waals surface area contributed by atoms with Crippen molar-refractivity contribution in [3.63, 3.8) is 0 Å². The molecular formula is C23H24FNO2S. The van der Waals surface area contributed by atoms with Gasteiger partial charge in [0.2, 0.25) is 0 Å². The van der Waals surface area contributed by atoms with Gasteiger partial charge in [-0.3, -0.25) is 9.79 Å². The van der Waals surface area contributed by atoms with Crippen LogP contribution < -0.4 is 0 Å². The van der Waals surface area contributed by atoms with E-state index in [-0.39, 0.29) is 30.0 Å². The van der Waals surface area contributed by atoms with Crippen LogP contribution in [0.3, 0.4) is 0 Å². The summed E-state index contributed by atoms with van der Waals surface area (Å²) in [6.07, 6.45) is 2.90. The largest absolute Gasteiger partial charge is 0.381 e. The van der Waals surface area contributed by atoms with E-state index in [1.165, 1.54) is 6.07 Å². The first-order chi connectivity index (χ1) is 13.6. The highest BCUT2D eigenvalue weighted by molar-refractivity contribution is 8.14. The second-order valence-corrected chi connectivity index (χ2v) is 8.61. The summed E-state index contributed by atoms with van der Waals surface area (Å²) in [6, 6.07) is 16.2. The van der Waals surface area contributed by atoms with Crippen LogP contribution in [0.25, 0.3) is 0 Å². The van der Waals surface area contributed by atoms with Gasteiger partial charge in [0.1, 0.15) is 5.82 Å². The molecule has 0 bridgehead atoms. The number of nitrogens with zero attached hydrogens (tertiary/aromatic N) is 1. The predicted octanol–water partition coefficient (Wildman–Crippen LogP) is 5.25. The Morgan fingerprint density at radius 2 is 1.96 bits per heavy atom. The third-order valence-corrected chi connectivity index (χ3v) is 7.06. The van der Waals surface area contributed by atoms with Gasteiger partial charge in [0.15, 0.2) is 5.78 Å². The highest BCUT2D eigenvalue weighted by Gasteiger charge is 2.48. The Kier molecular flexibility index (Phi) is 5.65. The van der Waals surface area contributed by atoms with Crippen molar-refractivity contribution in [3.05, 3.63) is 71.5 Å². The number of benzene rings is 2. The van der Waals surface area contributed by atoms with E-state index in [0.29, 0.717) is 11.1 Å². The Morgan fingerprint density at radius 1 is 1.21 bits per heavy atom. The number of thioether (sulfide) groups is 1. The van der Waals surface area contributed by atoms with E-state index in [2.05, 4.69) is 0 Å². The van der Waals surface area contributed by atoms with Crippen molar-refractivity contribution in [2.75, 3.05) is 12.9 Å². The van der Waals surface area contributed by atoms with Crippen molar-refractivity contribution >= 4 is 22.6 Å². The highest BCUT2D eigenvalue weighted by Crippen LogP contribution is 2.50. The minimum Gasteiger partial charge on any atom is -0.381 e. The summed E-state index contributed by atoms with van der Waals surface area (Å²) in [5.41, 5.74) is 0.744. The van der Waals surface area contributed by atoms with Crippen LogP contribution >= 0.6 is 11.8 Å². The van der Waals surface area contributed by atoms with Gasteiger partial charge in [-0.15, -0.1) is 11.8 Å². The number of methoxy groups -OCH3 is 1. The van der Waals surface area contributed by atoms with E-state index >= 15 is 0 Å². The summed E-state index contributed by atoms with van der Waals surface area (Å²) >= 11 is 1.63. The fraction of sp³-hybridized carbons (Fsp3) is 0.391. The first-order valence-corrected chi connectivity index (χ1v) is 10.7. The first kappa shape index (κ1) is 19.3. The van der Waals surface area contributed by atoms with Crippen LogP contribution in [0.5, 0.6) is 0 Å². The summed E-state index contributed by atoms with van der Waals surface area (Å²) < 4.78 is 20.4. The van der Waals surface area contributed by atoms with E-state index in [1.807, 2.05) is 42.5 Å². The van der Waals surface area contributed by atoms with Crippen LogP contribution in [-0.2, 0) is 10.3 Å². The average Bonchev–Trinajstić information content (AvgIpc) is 2.74. The maximum Gasteiger partial charge on any atom is 0.169 e. The summed E-state index contributed by atoms with van der Waals surface area (Å²) in [4.78, 5) is 17.8. The molecular weight excluding hydrogens is 373 g/mol. The smallest absolute Gasteiger partial charge is 0.169 e. The lowest BCUT2D eigenvalue weighted by Crippen LogP contribution is -2.45. The molecule has 1 aliphatic heterocycles. The molecule has 0 amide bonds. The van der Waals surface area contributed by atoms with Gasteiger partial charge in [-0.1, -0.05) is 48.5 Å². The summed E-state index contributed by atoms with van der Waals surface area (Å²) in [5, 5.41) is 0.809. The molecule has 0 N–H and O–H groups in total. The highest BCUT2D eigenvalue weighted by atomic mass is 32.2. The monoisotopic (exact) mass is 397 g/mol. The zero-order chi connectivity index (χ0) is 19.6. The SMILES string of the molecule is CO[C@@H]1CC[C@]2(c3ccccc3F)N=C(CC(=O)c3ccccc3)SC[C@@H]2C1. The minimum atomic E-state index is -0.599. The minimum absolute atomic E-state index is 0.0551. The van der Waals surface area contributed by atoms with E-state index in [9.17, 15) is 9.18 Å². The number of halogens is 1. The van der Waals surface area contributed by atoms with Gasteiger partial charge in [0, 0.05) is 29.9 Å². The Morgan fingerprint density at radius 3 is 2.71 bits per heavy atom. The molecule has 2 aliphatic rings. The van der Waals surface area contributed by atoms with Crippen LogP contribution in [0.15, 0.2) is 59.6 Å². The topological polar surface area (TPSA) is 38.7 Å². The summed E-state index contributed by atoms with van der Waals surface area (Å²) in [7, 11) is 1.74. The summed E-state index contributed by atoms with van der Waals surface area (Å²) in [5.74, 6) is 0.866. The number of carbonyl (C=O) groups is 1. The maximum atomic E-state index is 14.8.